The largest absolute Gasteiger partial charge is 0.423 e. The van der Waals surface area contributed by atoms with Gasteiger partial charge in [0.25, 0.3) is 0 Å². The Labute approximate surface area is 94.7 Å². The summed E-state index contributed by atoms with van der Waals surface area (Å²) in [5, 5.41) is 0. The number of anilines is 1. The summed E-state index contributed by atoms with van der Waals surface area (Å²) in [6.45, 7) is 4.85. The van der Waals surface area contributed by atoms with E-state index in [4.69, 9.17) is 10.5 Å². The zero-order valence-corrected chi connectivity index (χ0v) is 9.47. The van der Waals surface area contributed by atoms with E-state index in [1.54, 1.807) is 6.20 Å². The van der Waals surface area contributed by atoms with Crippen molar-refractivity contribution in [3.8, 4) is 11.8 Å². The summed E-state index contributed by atoms with van der Waals surface area (Å²) in [7, 11) is 0. The first kappa shape index (κ1) is 10.5. The lowest BCUT2D eigenvalue weighted by Gasteiger charge is -2.09. The van der Waals surface area contributed by atoms with E-state index in [-0.39, 0.29) is 0 Å². The molecule has 0 saturated carbocycles. The summed E-state index contributed by atoms with van der Waals surface area (Å²) in [5.74, 6) is 0.645. The van der Waals surface area contributed by atoms with Gasteiger partial charge in [-0.15, -0.1) is 0 Å². The van der Waals surface area contributed by atoms with Crippen molar-refractivity contribution in [3.63, 3.8) is 0 Å². The Morgan fingerprint density at radius 3 is 2.94 bits per heavy atom. The molecule has 0 spiro atoms. The van der Waals surface area contributed by atoms with Gasteiger partial charge in [0.05, 0.1) is 5.69 Å². The number of hydrogen-bond donors (Lipinski definition) is 1. The van der Waals surface area contributed by atoms with Crippen LogP contribution in [0, 0.1) is 6.92 Å². The van der Waals surface area contributed by atoms with Crippen LogP contribution in [0.25, 0.3) is 0 Å². The van der Waals surface area contributed by atoms with Crippen LogP contribution >= 0.6 is 0 Å². The number of rotatable bonds is 3. The predicted octanol–water partition coefficient (Wildman–Crippen LogP) is 2.59. The fourth-order valence-corrected chi connectivity index (χ4v) is 1.50. The number of benzene rings is 1. The number of ether oxygens (including phenoxy) is 1. The van der Waals surface area contributed by atoms with Gasteiger partial charge >= 0.3 is 6.01 Å². The van der Waals surface area contributed by atoms with Crippen LogP contribution in [0.1, 0.15) is 12.5 Å². The normalized spacial score (nSPS) is 10.4. The highest BCUT2D eigenvalue weighted by Gasteiger charge is 2.06. The van der Waals surface area contributed by atoms with Crippen molar-refractivity contribution in [3.05, 3.63) is 36.2 Å². The molecule has 0 aliphatic rings. The molecular weight excluding hydrogens is 202 g/mol. The third-order valence-electron chi connectivity index (χ3n) is 2.38. The number of nitrogens with zero attached hydrogens (tertiary/aromatic N) is 2. The molecule has 1 aromatic heterocycles. The molecule has 2 rings (SSSR count). The number of imidazole rings is 1. The SMILES string of the molecule is CCn1ccnc1Oc1ccc(C)cc1N. The minimum absolute atomic E-state index is 0.568. The van der Waals surface area contributed by atoms with Gasteiger partial charge in [-0.2, -0.15) is 0 Å². The monoisotopic (exact) mass is 217 g/mol. The van der Waals surface area contributed by atoms with Gasteiger partial charge in [0.1, 0.15) is 0 Å². The van der Waals surface area contributed by atoms with Crippen LogP contribution < -0.4 is 10.5 Å². The summed E-state index contributed by atoms with van der Waals surface area (Å²) < 4.78 is 7.57. The average molecular weight is 217 g/mol. The molecule has 1 heterocycles. The minimum atomic E-state index is 0.568. The summed E-state index contributed by atoms with van der Waals surface area (Å²) in [5.41, 5.74) is 7.61. The fourth-order valence-electron chi connectivity index (χ4n) is 1.50. The lowest BCUT2D eigenvalue weighted by Crippen LogP contribution is -1.99. The van der Waals surface area contributed by atoms with Gasteiger partial charge in [-0.3, -0.25) is 0 Å². The minimum Gasteiger partial charge on any atom is -0.423 e. The van der Waals surface area contributed by atoms with Gasteiger partial charge in [-0.25, -0.2) is 4.98 Å². The Kier molecular flexibility index (Phi) is 2.81. The van der Waals surface area contributed by atoms with Crippen molar-refractivity contribution in [2.24, 2.45) is 0 Å². The number of aromatic nitrogens is 2. The Hall–Kier alpha value is -1.97. The van der Waals surface area contributed by atoms with E-state index < -0.39 is 0 Å². The molecular formula is C12H15N3O. The van der Waals surface area contributed by atoms with Crippen LogP contribution in [-0.4, -0.2) is 9.55 Å². The molecule has 84 valence electrons. The Morgan fingerprint density at radius 2 is 2.25 bits per heavy atom. The van der Waals surface area contributed by atoms with Crippen LogP contribution in [0.3, 0.4) is 0 Å². The average Bonchev–Trinajstić information content (AvgIpc) is 2.69. The second-order valence-corrected chi connectivity index (χ2v) is 3.64. The molecule has 2 N–H and O–H groups in total. The van der Waals surface area contributed by atoms with Crippen LogP contribution in [0.4, 0.5) is 5.69 Å². The number of aryl methyl sites for hydroxylation is 2. The maximum absolute atomic E-state index is 5.87. The second kappa shape index (κ2) is 4.26. The second-order valence-electron chi connectivity index (χ2n) is 3.64. The molecule has 0 fully saturated rings. The molecule has 0 saturated heterocycles. The van der Waals surface area contributed by atoms with E-state index in [0.717, 1.165) is 12.1 Å². The van der Waals surface area contributed by atoms with Crippen LogP contribution in [0.5, 0.6) is 11.8 Å². The molecule has 4 nitrogen and oxygen atoms in total. The topological polar surface area (TPSA) is 53.1 Å². The zero-order chi connectivity index (χ0) is 11.5. The van der Waals surface area contributed by atoms with Crippen LogP contribution in [-0.2, 0) is 6.54 Å². The van der Waals surface area contributed by atoms with Crippen molar-refractivity contribution in [2.75, 3.05) is 5.73 Å². The highest BCUT2D eigenvalue weighted by molar-refractivity contribution is 5.54. The van der Waals surface area contributed by atoms with Gasteiger partial charge in [0, 0.05) is 18.9 Å². The van der Waals surface area contributed by atoms with E-state index in [1.165, 1.54) is 0 Å². The van der Waals surface area contributed by atoms with Crippen LogP contribution in [0.2, 0.25) is 0 Å². The van der Waals surface area contributed by atoms with Gasteiger partial charge in [0.2, 0.25) is 0 Å². The first-order valence-corrected chi connectivity index (χ1v) is 5.26. The molecule has 2 aromatic rings. The molecule has 0 atom stereocenters. The smallest absolute Gasteiger partial charge is 0.301 e. The quantitative estimate of drug-likeness (QED) is 0.804. The lowest BCUT2D eigenvalue weighted by molar-refractivity contribution is 0.417. The van der Waals surface area contributed by atoms with Gasteiger partial charge in [-0.05, 0) is 31.5 Å². The van der Waals surface area contributed by atoms with Crippen LogP contribution in [0.15, 0.2) is 30.6 Å². The van der Waals surface area contributed by atoms with Crippen molar-refractivity contribution in [2.45, 2.75) is 20.4 Å². The van der Waals surface area contributed by atoms with Crippen molar-refractivity contribution in [1.82, 2.24) is 9.55 Å². The Balaban J connectivity index is 2.27. The Bertz CT molecular complexity index is 491. The fraction of sp³-hybridized carbons (Fsp3) is 0.250. The molecule has 0 amide bonds. The zero-order valence-electron chi connectivity index (χ0n) is 9.47. The number of nitrogens with two attached hydrogens (primary N) is 1. The molecule has 0 unspecified atom stereocenters. The molecule has 1 aromatic carbocycles. The molecule has 0 bridgehead atoms. The number of nitrogen functional groups attached to an aromatic ring is 1. The number of hydrogen-bond acceptors (Lipinski definition) is 3. The van der Waals surface area contributed by atoms with Gasteiger partial charge in [0.15, 0.2) is 5.75 Å². The van der Waals surface area contributed by atoms with Gasteiger partial charge < -0.3 is 15.0 Å². The third-order valence-corrected chi connectivity index (χ3v) is 2.38. The van der Waals surface area contributed by atoms with E-state index in [1.807, 2.05) is 42.8 Å². The molecule has 0 aliphatic heterocycles. The highest BCUT2D eigenvalue weighted by Crippen LogP contribution is 2.26. The summed E-state index contributed by atoms with van der Waals surface area (Å²) in [6, 6.07) is 6.27. The Morgan fingerprint density at radius 1 is 1.44 bits per heavy atom. The van der Waals surface area contributed by atoms with E-state index >= 15 is 0 Å². The van der Waals surface area contributed by atoms with Crippen molar-refractivity contribution in [1.29, 1.82) is 0 Å². The maximum Gasteiger partial charge on any atom is 0.301 e. The summed E-state index contributed by atoms with van der Waals surface area (Å²) >= 11 is 0. The molecule has 0 aliphatic carbocycles. The predicted molar refractivity (Wildman–Crippen MR) is 63.6 cm³/mol. The maximum atomic E-state index is 5.87. The van der Waals surface area contributed by atoms with E-state index in [2.05, 4.69) is 4.98 Å². The van der Waals surface area contributed by atoms with Crippen molar-refractivity contribution >= 4 is 5.69 Å². The molecule has 4 heteroatoms. The standard InChI is InChI=1S/C12H15N3O/c1-3-15-7-6-14-12(15)16-11-5-4-9(2)8-10(11)13/h4-8H,3,13H2,1-2H3. The van der Waals surface area contributed by atoms with Gasteiger partial charge in [-0.1, -0.05) is 6.07 Å². The lowest BCUT2D eigenvalue weighted by atomic mass is 10.2. The van der Waals surface area contributed by atoms with E-state index in [0.29, 0.717) is 17.4 Å². The molecule has 0 radical (unpaired) electrons. The summed E-state index contributed by atoms with van der Waals surface area (Å²) in [4.78, 5) is 4.13. The van der Waals surface area contributed by atoms with E-state index in [9.17, 15) is 0 Å². The first-order chi connectivity index (χ1) is 7.70. The highest BCUT2D eigenvalue weighted by atomic mass is 16.5. The third kappa shape index (κ3) is 2.00. The summed E-state index contributed by atoms with van der Waals surface area (Å²) in [6.07, 6.45) is 3.59. The first-order valence-electron chi connectivity index (χ1n) is 5.26. The molecule has 16 heavy (non-hydrogen) atoms. The van der Waals surface area contributed by atoms with Crippen molar-refractivity contribution < 1.29 is 4.74 Å².